The highest BCUT2D eigenvalue weighted by Gasteiger charge is 2.19. The van der Waals surface area contributed by atoms with Gasteiger partial charge in [-0.2, -0.15) is 0 Å². The van der Waals surface area contributed by atoms with Gasteiger partial charge in [0, 0.05) is 34.1 Å². The second-order valence-corrected chi connectivity index (χ2v) is 10.6. The number of thiophene rings is 1. The minimum atomic E-state index is -0.151. The maximum Gasteiger partial charge on any atom is 0.181 e. The number of carbonyl (C=O) groups excluding carboxylic acids is 2. The Morgan fingerprint density at radius 1 is 0.971 bits per heavy atom. The van der Waals surface area contributed by atoms with Crippen LogP contribution in [0.2, 0.25) is 0 Å². The van der Waals surface area contributed by atoms with Gasteiger partial charge in [-0.25, -0.2) is 4.98 Å². The summed E-state index contributed by atoms with van der Waals surface area (Å²) in [5.41, 5.74) is 4.87. The summed E-state index contributed by atoms with van der Waals surface area (Å²) < 4.78 is 12.7. The topological polar surface area (TPSA) is 65.5 Å². The summed E-state index contributed by atoms with van der Waals surface area (Å²) in [4.78, 5) is 30.6. The third-order valence-corrected chi connectivity index (χ3v) is 8.00. The maximum absolute atomic E-state index is 13.1. The van der Waals surface area contributed by atoms with Crippen molar-refractivity contribution in [1.29, 1.82) is 0 Å². The van der Waals surface area contributed by atoms with Crippen LogP contribution in [0.4, 0.5) is 0 Å². The number of benzene rings is 2. The van der Waals surface area contributed by atoms with Crippen LogP contribution in [0.3, 0.4) is 0 Å². The smallest absolute Gasteiger partial charge is 0.181 e. The van der Waals surface area contributed by atoms with Gasteiger partial charge in [0.15, 0.2) is 23.1 Å². The number of ketones is 2. The van der Waals surface area contributed by atoms with Crippen molar-refractivity contribution < 1.29 is 19.1 Å². The summed E-state index contributed by atoms with van der Waals surface area (Å²) in [6.07, 6.45) is 0.947. The van der Waals surface area contributed by atoms with Crippen molar-refractivity contribution in [3.05, 3.63) is 74.7 Å². The Morgan fingerprint density at radius 3 is 2.43 bits per heavy atom. The van der Waals surface area contributed by atoms with Crippen LogP contribution in [0.1, 0.15) is 51.7 Å². The van der Waals surface area contributed by atoms with E-state index in [1.54, 1.807) is 36.6 Å². The number of rotatable bonds is 9. The van der Waals surface area contributed by atoms with Crippen LogP contribution in [0.5, 0.6) is 11.5 Å². The van der Waals surface area contributed by atoms with E-state index in [0.29, 0.717) is 22.8 Å². The Labute approximate surface area is 217 Å². The Morgan fingerprint density at radius 2 is 1.71 bits per heavy atom. The number of fused-ring (bicyclic) bond motifs is 1. The van der Waals surface area contributed by atoms with Crippen molar-refractivity contribution in [2.75, 3.05) is 14.2 Å². The van der Waals surface area contributed by atoms with Crippen molar-refractivity contribution in [2.45, 2.75) is 33.1 Å². The number of carbonyl (C=O) groups is 2. The summed E-state index contributed by atoms with van der Waals surface area (Å²) in [5, 5.41) is 1.12. The number of ether oxygens (including phenoxy) is 2. The number of Topliss-reactive ketones (excluding diaryl/α,β-unsaturated/α-hetero) is 2. The number of pyridine rings is 1. The van der Waals surface area contributed by atoms with Crippen LogP contribution >= 0.6 is 27.3 Å². The van der Waals surface area contributed by atoms with Crippen LogP contribution in [-0.2, 0) is 6.42 Å². The first-order valence-electron chi connectivity index (χ1n) is 11.3. The molecule has 2 aromatic heterocycles. The molecule has 0 bridgehead atoms. The van der Waals surface area contributed by atoms with Gasteiger partial charge in [0.25, 0.3) is 0 Å². The molecule has 0 aliphatic carbocycles. The largest absolute Gasteiger partial charge is 0.493 e. The van der Waals surface area contributed by atoms with Crippen molar-refractivity contribution in [1.82, 2.24) is 4.98 Å². The van der Waals surface area contributed by atoms with E-state index in [2.05, 4.69) is 41.9 Å². The Bertz CT molecular complexity index is 1430. The van der Waals surface area contributed by atoms with Gasteiger partial charge in [0.1, 0.15) is 5.69 Å². The number of hydrogen-bond acceptors (Lipinski definition) is 6. The minimum Gasteiger partial charge on any atom is -0.493 e. The average molecular weight is 552 g/mol. The third-order valence-electron chi connectivity index (χ3n) is 5.99. The van der Waals surface area contributed by atoms with E-state index in [4.69, 9.17) is 14.5 Å². The lowest BCUT2D eigenvalue weighted by Gasteiger charge is -2.10. The van der Waals surface area contributed by atoms with Crippen molar-refractivity contribution in [2.24, 2.45) is 0 Å². The number of aromatic nitrogens is 1. The highest BCUT2D eigenvalue weighted by Crippen LogP contribution is 2.43. The number of hydrogen-bond donors (Lipinski definition) is 0. The fraction of sp³-hybridized carbons (Fsp3) is 0.250. The second-order valence-electron chi connectivity index (χ2n) is 8.22. The molecule has 0 spiro atoms. The number of halogens is 1. The van der Waals surface area contributed by atoms with Gasteiger partial charge in [-0.05, 0) is 70.7 Å². The molecule has 0 N–H and O–H groups in total. The number of methoxy groups -OCH3 is 2. The van der Waals surface area contributed by atoms with Crippen LogP contribution < -0.4 is 9.47 Å². The minimum absolute atomic E-state index is 0.0808. The van der Waals surface area contributed by atoms with E-state index < -0.39 is 0 Å². The van der Waals surface area contributed by atoms with Gasteiger partial charge in [-0.15, -0.1) is 11.3 Å². The molecule has 2 heterocycles. The van der Waals surface area contributed by atoms with Crippen molar-refractivity contribution in [3.8, 4) is 22.8 Å². The lowest BCUT2D eigenvalue weighted by atomic mass is 10.0. The summed E-state index contributed by atoms with van der Waals surface area (Å²) >= 11 is 5.39. The van der Waals surface area contributed by atoms with Crippen LogP contribution in [0.15, 0.2) is 52.3 Å². The highest BCUT2D eigenvalue weighted by atomic mass is 79.9. The van der Waals surface area contributed by atoms with Crippen LogP contribution in [-0.4, -0.2) is 30.8 Å². The summed E-state index contributed by atoms with van der Waals surface area (Å²) in [7, 11) is 3.07. The fourth-order valence-electron chi connectivity index (χ4n) is 4.04. The summed E-state index contributed by atoms with van der Waals surface area (Å²) in [6.45, 7) is 4.15. The second kappa shape index (κ2) is 10.7. The zero-order valence-electron chi connectivity index (χ0n) is 20.1. The van der Waals surface area contributed by atoms with Crippen LogP contribution in [0.25, 0.3) is 21.3 Å². The standard InChI is InChI=1S/C28H26BrNO4S/c1-5-17-13-20(23(32)11-10-22(31)18-9-12-24(33-3)25(15-18)34-4)30-21(14-17)26-19-8-6-7-16(2)27(19)35-28(26)29/h6-9,12-15H,5,10-11H2,1-4H3. The lowest BCUT2D eigenvalue weighted by Crippen LogP contribution is -2.08. The van der Waals surface area contributed by atoms with E-state index in [-0.39, 0.29) is 24.4 Å². The molecule has 0 amide bonds. The maximum atomic E-state index is 13.1. The van der Waals surface area contributed by atoms with Gasteiger partial charge in [0.2, 0.25) is 0 Å². The van der Waals surface area contributed by atoms with Crippen molar-refractivity contribution >= 4 is 48.9 Å². The molecule has 0 saturated heterocycles. The van der Waals surface area contributed by atoms with E-state index >= 15 is 0 Å². The zero-order valence-corrected chi connectivity index (χ0v) is 22.5. The molecule has 4 aromatic rings. The molecule has 0 saturated carbocycles. The van der Waals surface area contributed by atoms with Gasteiger partial charge in [-0.1, -0.05) is 25.1 Å². The zero-order chi connectivity index (χ0) is 25.1. The van der Waals surface area contributed by atoms with Gasteiger partial charge in [0.05, 0.1) is 23.7 Å². The molecule has 4 rings (SSSR count). The van der Waals surface area contributed by atoms with E-state index in [1.807, 2.05) is 18.2 Å². The molecule has 180 valence electrons. The molecule has 0 aliphatic rings. The SMILES string of the molecule is CCc1cc(C(=O)CCC(=O)c2ccc(OC)c(OC)c2)nc(-c2c(Br)sc3c(C)cccc23)c1. The molecule has 2 aromatic carbocycles. The lowest BCUT2D eigenvalue weighted by molar-refractivity contribution is 0.0915. The molecule has 35 heavy (non-hydrogen) atoms. The number of nitrogens with zero attached hydrogens (tertiary/aromatic N) is 1. The van der Waals surface area contributed by atoms with Crippen LogP contribution in [0, 0.1) is 6.92 Å². The Kier molecular flexibility index (Phi) is 7.67. The summed E-state index contributed by atoms with van der Waals surface area (Å²) in [5.74, 6) is 0.751. The quantitative estimate of drug-likeness (QED) is 0.202. The Balaban J connectivity index is 1.60. The molecule has 0 unspecified atom stereocenters. The summed E-state index contributed by atoms with van der Waals surface area (Å²) in [6, 6.07) is 15.1. The monoisotopic (exact) mass is 551 g/mol. The molecule has 0 aliphatic heterocycles. The first-order chi connectivity index (χ1) is 16.9. The third kappa shape index (κ3) is 5.16. The predicted octanol–water partition coefficient (Wildman–Crippen LogP) is 7.46. The van der Waals surface area contributed by atoms with Gasteiger partial charge < -0.3 is 9.47 Å². The fourth-order valence-corrected chi connectivity index (χ4v) is 5.95. The predicted molar refractivity (Wildman–Crippen MR) is 144 cm³/mol. The molecule has 0 atom stereocenters. The molecule has 5 nitrogen and oxygen atoms in total. The van der Waals surface area contributed by atoms with E-state index in [1.165, 1.54) is 17.4 Å². The Hall–Kier alpha value is -3.03. The molecule has 0 radical (unpaired) electrons. The van der Waals surface area contributed by atoms with Crippen molar-refractivity contribution in [3.63, 3.8) is 0 Å². The van der Waals surface area contributed by atoms with Gasteiger partial charge >= 0.3 is 0 Å². The average Bonchev–Trinajstić information content (AvgIpc) is 3.23. The van der Waals surface area contributed by atoms with Gasteiger partial charge in [-0.3, -0.25) is 9.59 Å². The first-order valence-corrected chi connectivity index (χ1v) is 12.9. The molecule has 0 fully saturated rings. The molecule has 7 heteroatoms. The number of aryl methyl sites for hydroxylation is 2. The first kappa shape index (κ1) is 25.1. The van der Waals surface area contributed by atoms with E-state index in [0.717, 1.165) is 32.4 Å². The molecular formula is C28H26BrNO4S. The highest BCUT2D eigenvalue weighted by molar-refractivity contribution is 9.11. The molecular weight excluding hydrogens is 526 g/mol. The normalized spacial score (nSPS) is 11.0. The van der Waals surface area contributed by atoms with E-state index in [9.17, 15) is 9.59 Å².